The monoisotopic (exact) mass is 346 g/mol. The predicted octanol–water partition coefficient (Wildman–Crippen LogP) is 2.17. The van der Waals surface area contributed by atoms with Crippen LogP contribution >= 0.6 is 0 Å². The predicted molar refractivity (Wildman–Crippen MR) is 89.6 cm³/mol. The van der Waals surface area contributed by atoms with Crippen LogP contribution in [-0.4, -0.2) is 35.0 Å². The van der Waals surface area contributed by atoms with E-state index in [2.05, 4.69) is 5.32 Å². The van der Waals surface area contributed by atoms with Crippen LogP contribution < -0.4 is 5.32 Å². The number of rotatable bonds is 5. The van der Waals surface area contributed by atoms with Gasteiger partial charge in [0.1, 0.15) is 17.2 Å². The molecule has 0 saturated carbocycles. The minimum Gasteiger partial charge on any atom is -0.382 e. The van der Waals surface area contributed by atoms with E-state index < -0.39 is 11.6 Å². The average Bonchev–Trinajstić information content (AvgIpc) is 2.58. The van der Waals surface area contributed by atoms with Crippen LogP contribution in [0.2, 0.25) is 0 Å². The summed E-state index contributed by atoms with van der Waals surface area (Å²) in [7, 11) is 0. The van der Waals surface area contributed by atoms with Gasteiger partial charge in [-0.15, -0.1) is 0 Å². The van der Waals surface area contributed by atoms with Crippen LogP contribution in [0.4, 0.5) is 8.78 Å². The van der Waals surface area contributed by atoms with Gasteiger partial charge in [-0.3, -0.25) is 9.69 Å². The number of halogens is 2. The first-order valence-corrected chi connectivity index (χ1v) is 8.13. The second-order valence-corrected chi connectivity index (χ2v) is 6.43. The number of nitrogens with one attached hydrogen (secondary N) is 1. The molecule has 2 aromatic rings. The van der Waals surface area contributed by atoms with Crippen molar-refractivity contribution in [3.8, 4) is 0 Å². The Morgan fingerprint density at radius 2 is 1.84 bits per heavy atom. The molecule has 25 heavy (non-hydrogen) atoms. The largest absolute Gasteiger partial charge is 0.382 e. The highest BCUT2D eigenvalue weighted by Crippen LogP contribution is 2.33. The lowest BCUT2D eigenvalue weighted by molar-refractivity contribution is -0.144. The second-order valence-electron chi connectivity index (χ2n) is 6.43. The molecule has 0 aromatic heterocycles. The Hall–Kier alpha value is -2.31. The van der Waals surface area contributed by atoms with Crippen molar-refractivity contribution in [2.75, 3.05) is 13.1 Å². The highest BCUT2D eigenvalue weighted by Gasteiger charge is 2.45. The molecule has 1 fully saturated rings. The third-order valence-corrected chi connectivity index (χ3v) is 4.65. The van der Waals surface area contributed by atoms with Crippen LogP contribution in [0.25, 0.3) is 0 Å². The Morgan fingerprint density at radius 1 is 1.20 bits per heavy atom. The maximum atomic E-state index is 13.6. The highest BCUT2D eigenvalue weighted by molar-refractivity contribution is 5.81. The molecule has 0 radical (unpaired) electrons. The molecule has 1 aliphatic rings. The van der Waals surface area contributed by atoms with Gasteiger partial charge in [0.25, 0.3) is 0 Å². The Kier molecular flexibility index (Phi) is 4.83. The van der Waals surface area contributed by atoms with E-state index in [0.717, 1.165) is 0 Å². The summed E-state index contributed by atoms with van der Waals surface area (Å²) in [5.74, 6) is -0.945. The van der Waals surface area contributed by atoms with Gasteiger partial charge in [-0.2, -0.15) is 0 Å². The number of nitrogens with zero attached hydrogens (tertiary/aromatic N) is 1. The molecule has 3 rings (SSSR count). The van der Waals surface area contributed by atoms with Crippen LogP contribution in [0.3, 0.4) is 0 Å². The maximum Gasteiger partial charge on any atom is 0.237 e. The first-order valence-electron chi connectivity index (χ1n) is 8.13. The van der Waals surface area contributed by atoms with Crippen molar-refractivity contribution in [1.82, 2.24) is 10.2 Å². The lowest BCUT2D eigenvalue weighted by atomic mass is 9.85. The van der Waals surface area contributed by atoms with Gasteiger partial charge in [-0.05, 0) is 30.7 Å². The second kappa shape index (κ2) is 6.90. The van der Waals surface area contributed by atoms with Crippen molar-refractivity contribution in [3.63, 3.8) is 0 Å². The van der Waals surface area contributed by atoms with Crippen LogP contribution in [-0.2, 0) is 16.9 Å². The molecule has 6 heteroatoms. The highest BCUT2D eigenvalue weighted by atomic mass is 19.1. The molecule has 1 heterocycles. The number of hydrogen-bond acceptors (Lipinski definition) is 3. The van der Waals surface area contributed by atoms with E-state index >= 15 is 0 Å². The number of carbonyl (C=O) groups excluding carboxylic acids is 1. The quantitative estimate of drug-likeness (QED) is 0.872. The van der Waals surface area contributed by atoms with Gasteiger partial charge < -0.3 is 10.4 Å². The number of β-amino-alcohol motifs (C(OH)–C–C–N with tert-alkyl or cyclic N) is 1. The lowest BCUT2D eigenvalue weighted by Gasteiger charge is -2.49. The number of aliphatic hydroxyl groups is 1. The molecule has 0 unspecified atom stereocenters. The number of likely N-dealkylation sites (tertiary alicyclic amines) is 1. The van der Waals surface area contributed by atoms with Crippen molar-refractivity contribution >= 4 is 5.91 Å². The lowest BCUT2D eigenvalue weighted by Crippen LogP contribution is -2.64. The van der Waals surface area contributed by atoms with Gasteiger partial charge in [0.15, 0.2) is 0 Å². The summed E-state index contributed by atoms with van der Waals surface area (Å²) in [5, 5.41) is 13.3. The molecule has 1 atom stereocenters. The fraction of sp³-hybridized carbons (Fsp3) is 0.316. The van der Waals surface area contributed by atoms with Crippen LogP contribution in [0, 0.1) is 11.6 Å². The van der Waals surface area contributed by atoms with E-state index in [4.69, 9.17) is 0 Å². The summed E-state index contributed by atoms with van der Waals surface area (Å²) in [5.41, 5.74) is -0.0214. The SMILES string of the molecule is C[C@H](C(=O)NCc1ccccc1F)N1CC(O)(c2ccc(F)cc2)C1. The number of carbonyl (C=O) groups is 1. The summed E-state index contributed by atoms with van der Waals surface area (Å²) < 4.78 is 26.6. The zero-order chi connectivity index (χ0) is 18.0. The third-order valence-electron chi connectivity index (χ3n) is 4.65. The fourth-order valence-corrected chi connectivity index (χ4v) is 2.98. The summed E-state index contributed by atoms with van der Waals surface area (Å²) >= 11 is 0. The van der Waals surface area contributed by atoms with Crippen molar-refractivity contribution < 1.29 is 18.7 Å². The number of hydrogen-bond donors (Lipinski definition) is 2. The van der Waals surface area contributed by atoms with E-state index in [1.165, 1.54) is 18.2 Å². The summed E-state index contributed by atoms with van der Waals surface area (Å²) in [6, 6.07) is 11.5. The normalized spacial score (nSPS) is 17.6. The third kappa shape index (κ3) is 3.70. The topological polar surface area (TPSA) is 52.6 Å². The van der Waals surface area contributed by atoms with Gasteiger partial charge in [-0.1, -0.05) is 30.3 Å². The molecule has 132 valence electrons. The Bertz CT molecular complexity index is 758. The average molecular weight is 346 g/mol. The Morgan fingerprint density at radius 3 is 2.48 bits per heavy atom. The molecule has 1 saturated heterocycles. The molecule has 4 nitrogen and oxygen atoms in total. The molecule has 1 amide bonds. The van der Waals surface area contributed by atoms with E-state index in [-0.39, 0.29) is 37.2 Å². The van der Waals surface area contributed by atoms with Crippen molar-refractivity contribution in [2.45, 2.75) is 25.1 Å². The molecule has 2 aromatic carbocycles. The van der Waals surface area contributed by atoms with E-state index in [0.29, 0.717) is 11.1 Å². The van der Waals surface area contributed by atoms with E-state index in [1.807, 2.05) is 4.90 Å². The summed E-state index contributed by atoms with van der Waals surface area (Å²) in [4.78, 5) is 14.1. The molecule has 0 spiro atoms. The smallest absolute Gasteiger partial charge is 0.237 e. The van der Waals surface area contributed by atoms with Gasteiger partial charge in [0, 0.05) is 25.2 Å². The molecule has 0 aliphatic carbocycles. The standard InChI is InChI=1S/C19H20F2N2O2/c1-13(18(24)22-10-14-4-2-3-5-17(14)21)23-11-19(25,12-23)15-6-8-16(20)9-7-15/h2-9,13,25H,10-12H2,1H3,(H,22,24)/t13-/m1/s1. The minimum absolute atomic E-state index is 0.117. The number of amides is 1. The Balaban J connectivity index is 1.54. The fourth-order valence-electron chi connectivity index (χ4n) is 2.98. The van der Waals surface area contributed by atoms with E-state index in [1.54, 1.807) is 37.3 Å². The molecular weight excluding hydrogens is 326 g/mol. The zero-order valence-electron chi connectivity index (χ0n) is 13.9. The van der Waals surface area contributed by atoms with Crippen LogP contribution in [0.5, 0.6) is 0 Å². The van der Waals surface area contributed by atoms with Crippen molar-refractivity contribution in [3.05, 3.63) is 71.3 Å². The maximum absolute atomic E-state index is 13.6. The van der Waals surface area contributed by atoms with E-state index in [9.17, 15) is 18.7 Å². The Labute approximate surface area is 145 Å². The number of benzene rings is 2. The molecule has 1 aliphatic heterocycles. The van der Waals surface area contributed by atoms with Crippen LogP contribution in [0.1, 0.15) is 18.1 Å². The van der Waals surface area contributed by atoms with Gasteiger partial charge in [-0.25, -0.2) is 8.78 Å². The van der Waals surface area contributed by atoms with Gasteiger partial charge >= 0.3 is 0 Å². The van der Waals surface area contributed by atoms with Crippen molar-refractivity contribution in [1.29, 1.82) is 0 Å². The zero-order valence-corrected chi connectivity index (χ0v) is 13.9. The van der Waals surface area contributed by atoms with Gasteiger partial charge in [0.2, 0.25) is 5.91 Å². The van der Waals surface area contributed by atoms with Gasteiger partial charge in [0.05, 0.1) is 6.04 Å². The van der Waals surface area contributed by atoms with Crippen molar-refractivity contribution in [2.24, 2.45) is 0 Å². The summed E-state index contributed by atoms with van der Waals surface area (Å²) in [6.07, 6.45) is 0. The first-order chi connectivity index (χ1) is 11.9. The van der Waals surface area contributed by atoms with Crippen LogP contribution in [0.15, 0.2) is 48.5 Å². The first kappa shape index (κ1) is 17.5. The molecule has 2 N–H and O–H groups in total. The molecular formula is C19H20F2N2O2. The minimum atomic E-state index is -1.08. The molecule has 0 bridgehead atoms. The summed E-state index contributed by atoms with van der Waals surface area (Å²) in [6.45, 7) is 2.42.